The van der Waals surface area contributed by atoms with E-state index in [-0.39, 0.29) is 19.3 Å². The molecule has 0 radical (unpaired) electrons. The molecule has 0 heterocycles. The van der Waals surface area contributed by atoms with Gasteiger partial charge in [0.25, 0.3) is 0 Å². The van der Waals surface area contributed by atoms with Crippen molar-refractivity contribution >= 4 is 11.9 Å². The molecular formula is C13H26NO4+. The first-order valence-corrected chi connectivity index (χ1v) is 6.11. The highest BCUT2D eigenvalue weighted by Gasteiger charge is 2.24. The van der Waals surface area contributed by atoms with Crippen molar-refractivity contribution in [2.45, 2.75) is 45.1 Å². The fourth-order valence-corrected chi connectivity index (χ4v) is 1.59. The molecule has 0 aliphatic carbocycles. The molecule has 0 aliphatic heterocycles. The van der Waals surface area contributed by atoms with E-state index in [2.05, 4.69) is 0 Å². The highest BCUT2D eigenvalue weighted by molar-refractivity contribution is 5.71. The van der Waals surface area contributed by atoms with Crippen LogP contribution in [0.25, 0.3) is 0 Å². The van der Waals surface area contributed by atoms with Gasteiger partial charge in [-0.05, 0) is 6.42 Å². The molecule has 1 unspecified atom stereocenters. The lowest BCUT2D eigenvalue weighted by Gasteiger charge is -2.28. The molecule has 0 amide bonds. The van der Waals surface area contributed by atoms with E-state index in [4.69, 9.17) is 14.0 Å². The SMILES string of the molecule is [2H]C([2H])([2H])CCCCC(=O)OC(CC(=O)O)C[N+](C)(C)C. The summed E-state index contributed by atoms with van der Waals surface area (Å²) in [6.07, 6.45) is 0.140. The molecule has 106 valence electrons. The molecule has 0 spiro atoms. The molecule has 0 aliphatic rings. The van der Waals surface area contributed by atoms with Crippen LogP contribution in [0, 0.1) is 0 Å². The first-order chi connectivity index (χ1) is 9.39. The van der Waals surface area contributed by atoms with E-state index in [0.717, 1.165) is 0 Å². The molecule has 0 aromatic carbocycles. The lowest BCUT2D eigenvalue weighted by Crippen LogP contribution is -2.43. The average molecular weight is 263 g/mol. The Balaban J connectivity index is 4.18. The number of aliphatic carboxylic acids is 1. The van der Waals surface area contributed by atoms with Crippen molar-refractivity contribution < 1.29 is 28.0 Å². The second-order valence-electron chi connectivity index (χ2n) is 5.39. The summed E-state index contributed by atoms with van der Waals surface area (Å²) in [6.45, 7) is -1.56. The van der Waals surface area contributed by atoms with Gasteiger partial charge in [0, 0.05) is 10.5 Å². The van der Waals surface area contributed by atoms with E-state index in [1.807, 2.05) is 21.1 Å². The molecule has 0 saturated carbocycles. The molecule has 1 N–H and O–H groups in total. The molecule has 5 nitrogen and oxygen atoms in total. The van der Waals surface area contributed by atoms with Crippen molar-refractivity contribution in [3.05, 3.63) is 0 Å². The van der Waals surface area contributed by atoms with Crippen molar-refractivity contribution in [2.24, 2.45) is 0 Å². The van der Waals surface area contributed by atoms with E-state index < -0.39 is 24.9 Å². The van der Waals surface area contributed by atoms with Gasteiger partial charge in [-0.3, -0.25) is 9.59 Å². The zero-order chi connectivity index (χ0) is 16.7. The second kappa shape index (κ2) is 8.08. The number of esters is 1. The zero-order valence-electron chi connectivity index (χ0n) is 14.4. The van der Waals surface area contributed by atoms with E-state index in [9.17, 15) is 9.59 Å². The maximum absolute atomic E-state index is 11.7. The van der Waals surface area contributed by atoms with Gasteiger partial charge in [0.2, 0.25) is 0 Å². The summed E-state index contributed by atoms with van der Waals surface area (Å²) in [4.78, 5) is 22.5. The Morgan fingerprint density at radius 2 is 2.00 bits per heavy atom. The standard InChI is InChI=1S/C13H25NO4/c1-5-6-7-8-13(17)18-11(9-12(15)16)10-14(2,3)4/h11H,5-10H2,1-4H3/p+1/i1D3. The number of likely N-dealkylation sites (N-methyl/N-ethyl adjacent to an activating group) is 1. The second-order valence-corrected chi connectivity index (χ2v) is 5.39. The van der Waals surface area contributed by atoms with Crippen LogP contribution in [0.3, 0.4) is 0 Å². The molecular weight excluding hydrogens is 234 g/mol. The number of carbonyl (C=O) groups excluding carboxylic acids is 1. The Bertz CT molecular complexity index is 350. The summed E-state index contributed by atoms with van der Waals surface area (Å²) in [5.41, 5.74) is 0. The van der Waals surface area contributed by atoms with E-state index in [1.165, 1.54) is 0 Å². The highest BCUT2D eigenvalue weighted by Crippen LogP contribution is 2.08. The number of carboxylic acids is 1. The minimum Gasteiger partial charge on any atom is -0.481 e. The number of unbranched alkanes of at least 4 members (excludes halogenated alkanes) is 1. The molecule has 0 saturated heterocycles. The van der Waals surface area contributed by atoms with Gasteiger partial charge in [-0.15, -0.1) is 0 Å². The number of rotatable bonds is 9. The van der Waals surface area contributed by atoms with E-state index >= 15 is 0 Å². The summed E-state index contributed by atoms with van der Waals surface area (Å²) in [5, 5.41) is 8.84. The lowest BCUT2D eigenvalue weighted by atomic mass is 10.2. The smallest absolute Gasteiger partial charge is 0.307 e. The monoisotopic (exact) mass is 263 g/mol. The maximum atomic E-state index is 11.7. The van der Waals surface area contributed by atoms with Gasteiger partial charge >= 0.3 is 11.9 Å². The highest BCUT2D eigenvalue weighted by atomic mass is 16.5. The predicted molar refractivity (Wildman–Crippen MR) is 69.2 cm³/mol. The van der Waals surface area contributed by atoms with Crippen LogP contribution in [0.1, 0.15) is 43.1 Å². The fourth-order valence-electron chi connectivity index (χ4n) is 1.59. The van der Waals surface area contributed by atoms with Crippen molar-refractivity contribution in [3.63, 3.8) is 0 Å². The fraction of sp³-hybridized carbons (Fsp3) is 0.846. The Hall–Kier alpha value is -1.10. The summed E-state index contributed by atoms with van der Waals surface area (Å²) in [6, 6.07) is 0. The minimum absolute atomic E-state index is 0.0672. The maximum Gasteiger partial charge on any atom is 0.307 e. The van der Waals surface area contributed by atoms with Crippen LogP contribution < -0.4 is 0 Å². The predicted octanol–water partition coefficient (Wildman–Crippen LogP) is 1.66. The van der Waals surface area contributed by atoms with Crippen LogP contribution in [-0.4, -0.2) is 55.3 Å². The van der Waals surface area contributed by atoms with Crippen LogP contribution in [-0.2, 0) is 14.3 Å². The summed E-state index contributed by atoms with van der Waals surface area (Å²) >= 11 is 0. The molecule has 0 fully saturated rings. The topological polar surface area (TPSA) is 63.6 Å². The number of ether oxygens (including phenoxy) is 1. The summed E-state index contributed by atoms with van der Waals surface area (Å²) in [5.74, 6) is -1.48. The lowest BCUT2D eigenvalue weighted by molar-refractivity contribution is -0.873. The largest absolute Gasteiger partial charge is 0.481 e. The van der Waals surface area contributed by atoms with Crippen molar-refractivity contribution in [2.75, 3.05) is 27.7 Å². The first-order valence-electron chi connectivity index (χ1n) is 7.61. The third-order valence-corrected chi connectivity index (χ3v) is 2.26. The van der Waals surface area contributed by atoms with E-state index in [1.54, 1.807) is 0 Å². The Morgan fingerprint density at radius 1 is 1.33 bits per heavy atom. The summed E-state index contributed by atoms with van der Waals surface area (Å²) in [7, 11) is 5.66. The van der Waals surface area contributed by atoms with Gasteiger partial charge < -0.3 is 14.3 Å². The molecule has 18 heavy (non-hydrogen) atoms. The minimum atomic E-state index is -1.97. The zero-order valence-corrected chi connectivity index (χ0v) is 11.4. The van der Waals surface area contributed by atoms with Crippen LogP contribution in [0.5, 0.6) is 0 Å². The third kappa shape index (κ3) is 10.1. The van der Waals surface area contributed by atoms with Crippen molar-refractivity contribution in [1.82, 2.24) is 0 Å². The van der Waals surface area contributed by atoms with Gasteiger partial charge in [-0.1, -0.05) is 19.7 Å². The molecule has 0 bridgehead atoms. The van der Waals surface area contributed by atoms with Crippen LogP contribution in [0.15, 0.2) is 0 Å². The van der Waals surface area contributed by atoms with Gasteiger partial charge in [0.1, 0.15) is 6.54 Å². The molecule has 0 rings (SSSR count). The quantitative estimate of drug-likeness (QED) is 0.390. The summed E-state index contributed by atoms with van der Waals surface area (Å²) < 4.78 is 26.9. The van der Waals surface area contributed by atoms with Crippen LogP contribution in [0.2, 0.25) is 0 Å². The number of quaternary nitrogens is 1. The molecule has 5 heteroatoms. The van der Waals surface area contributed by atoms with Crippen LogP contribution in [0.4, 0.5) is 0 Å². The van der Waals surface area contributed by atoms with Crippen molar-refractivity contribution in [1.29, 1.82) is 0 Å². The van der Waals surface area contributed by atoms with Gasteiger partial charge in [-0.25, -0.2) is 0 Å². The number of nitrogens with zero attached hydrogens (tertiary/aromatic N) is 1. The first kappa shape index (κ1) is 12.0. The number of hydrogen-bond acceptors (Lipinski definition) is 3. The Morgan fingerprint density at radius 3 is 2.50 bits per heavy atom. The molecule has 1 atom stereocenters. The average Bonchev–Trinajstić information content (AvgIpc) is 2.19. The van der Waals surface area contributed by atoms with Gasteiger partial charge in [0.15, 0.2) is 6.10 Å². The van der Waals surface area contributed by atoms with Crippen molar-refractivity contribution in [3.8, 4) is 0 Å². The van der Waals surface area contributed by atoms with Crippen LogP contribution >= 0.6 is 0 Å². The third-order valence-electron chi connectivity index (χ3n) is 2.26. The number of hydrogen-bond donors (Lipinski definition) is 1. The van der Waals surface area contributed by atoms with Gasteiger partial charge in [0.05, 0.1) is 27.6 Å². The molecule has 0 aromatic rings. The molecule has 0 aromatic heterocycles. The normalized spacial score (nSPS) is 16.3. The number of carboxylic acid groups (broad SMARTS) is 1. The van der Waals surface area contributed by atoms with Gasteiger partial charge in [-0.2, -0.15) is 0 Å². The Labute approximate surface area is 114 Å². The number of carbonyl (C=O) groups is 2. The van der Waals surface area contributed by atoms with E-state index in [0.29, 0.717) is 23.9 Å². The Kier molecular flexibility index (Phi) is 5.37.